The highest BCUT2D eigenvalue weighted by atomic mass is 32.2. The van der Waals surface area contributed by atoms with Crippen LogP contribution in [0.25, 0.3) is 0 Å². The van der Waals surface area contributed by atoms with Crippen molar-refractivity contribution < 1.29 is 26.7 Å². The molecule has 1 aromatic rings. The first-order valence-corrected chi connectivity index (χ1v) is 9.11. The molecular formula is C15H18F2N2O4S. The molecule has 0 spiro atoms. The van der Waals surface area contributed by atoms with Crippen molar-refractivity contribution in [3.05, 3.63) is 30.1 Å². The predicted molar refractivity (Wildman–Crippen MR) is 81.0 cm³/mol. The third-order valence-electron chi connectivity index (χ3n) is 4.23. The summed E-state index contributed by atoms with van der Waals surface area (Å²) in [6, 6.07) is 3.20. The normalized spacial score (nSPS) is 25.8. The van der Waals surface area contributed by atoms with E-state index in [0.717, 1.165) is 28.6 Å². The van der Waals surface area contributed by atoms with Crippen LogP contribution in [-0.2, 0) is 19.6 Å². The van der Waals surface area contributed by atoms with E-state index in [0.29, 0.717) is 26.3 Å². The molecule has 0 radical (unpaired) electrons. The van der Waals surface area contributed by atoms with Crippen LogP contribution < -0.4 is 0 Å². The number of hydrogen-bond acceptors (Lipinski definition) is 4. The van der Waals surface area contributed by atoms with Crippen molar-refractivity contribution in [3.63, 3.8) is 0 Å². The molecule has 1 amide bonds. The van der Waals surface area contributed by atoms with Gasteiger partial charge in [0.15, 0.2) is 0 Å². The third kappa shape index (κ3) is 3.28. The topological polar surface area (TPSA) is 66.9 Å². The van der Waals surface area contributed by atoms with Crippen molar-refractivity contribution in [2.45, 2.75) is 23.5 Å². The van der Waals surface area contributed by atoms with Gasteiger partial charge in [-0.05, 0) is 24.3 Å². The smallest absolute Gasteiger partial charge is 0.243 e. The van der Waals surface area contributed by atoms with Crippen LogP contribution >= 0.6 is 0 Å². The summed E-state index contributed by atoms with van der Waals surface area (Å²) in [6.07, 6.45) is -1.58. The lowest BCUT2D eigenvalue weighted by Gasteiger charge is -2.32. The van der Waals surface area contributed by atoms with Gasteiger partial charge < -0.3 is 9.64 Å². The molecule has 0 N–H and O–H groups in total. The average Bonchev–Trinajstić information content (AvgIpc) is 2.98. The second-order valence-electron chi connectivity index (χ2n) is 5.82. The molecule has 0 aromatic heterocycles. The van der Waals surface area contributed by atoms with Gasteiger partial charge in [-0.3, -0.25) is 4.79 Å². The molecule has 9 heteroatoms. The number of carbonyl (C=O) groups excluding carboxylic acids is 1. The highest BCUT2D eigenvalue weighted by Crippen LogP contribution is 2.29. The van der Waals surface area contributed by atoms with Crippen LogP contribution in [0.3, 0.4) is 0 Å². The van der Waals surface area contributed by atoms with E-state index >= 15 is 0 Å². The first-order valence-electron chi connectivity index (χ1n) is 7.67. The Morgan fingerprint density at radius 3 is 2.42 bits per heavy atom. The van der Waals surface area contributed by atoms with E-state index in [-0.39, 0.29) is 17.9 Å². The second-order valence-corrected chi connectivity index (χ2v) is 7.71. The molecule has 3 rings (SSSR count). The Balaban J connectivity index is 1.86. The first kappa shape index (κ1) is 17.2. The molecule has 2 unspecified atom stereocenters. The molecule has 0 saturated carbocycles. The standard InChI is InChI=1S/C15H18F2N2O4S/c16-11-1-3-13(4-2-11)24(21,22)19-10-12(17)9-14(19)15(20)18-5-7-23-8-6-18/h1-4,12,14H,5-10H2. The number of halogens is 2. The second kappa shape index (κ2) is 6.73. The van der Waals surface area contributed by atoms with Gasteiger partial charge in [-0.15, -0.1) is 0 Å². The predicted octanol–water partition coefficient (Wildman–Crippen LogP) is 0.786. The molecule has 2 saturated heterocycles. The molecule has 0 bridgehead atoms. The summed E-state index contributed by atoms with van der Waals surface area (Å²) in [4.78, 5) is 14.0. The van der Waals surface area contributed by atoms with Gasteiger partial charge >= 0.3 is 0 Å². The monoisotopic (exact) mass is 360 g/mol. The van der Waals surface area contributed by atoms with Gasteiger partial charge in [0.1, 0.15) is 18.0 Å². The zero-order valence-electron chi connectivity index (χ0n) is 12.9. The Bertz CT molecular complexity index is 705. The number of sulfonamides is 1. The van der Waals surface area contributed by atoms with Crippen LogP contribution in [-0.4, -0.2) is 68.6 Å². The van der Waals surface area contributed by atoms with Crippen LogP contribution in [0.4, 0.5) is 8.78 Å². The summed E-state index contributed by atoms with van der Waals surface area (Å²) >= 11 is 0. The van der Waals surface area contributed by atoms with Crippen LogP contribution in [0.5, 0.6) is 0 Å². The number of benzene rings is 1. The molecule has 2 heterocycles. The summed E-state index contributed by atoms with van der Waals surface area (Å²) in [5, 5.41) is 0. The Morgan fingerprint density at radius 1 is 1.17 bits per heavy atom. The number of ether oxygens (including phenoxy) is 1. The van der Waals surface area contributed by atoms with Gasteiger partial charge in [-0.25, -0.2) is 17.2 Å². The molecule has 132 valence electrons. The van der Waals surface area contributed by atoms with E-state index in [2.05, 4.69) is 0 Å². The van der Waals surface area contributed by atoms with E-state index in [9.17, 15) is 22.0 Å². The minimum Gasteiger partial charge on any atom is -0.378 e. The van der Waals surface area contributed by atoms with Gasteiger partial charge in [-0.2, -0.15) is 4.31 Å². The lowest BCUT2D eigenvalue weighted by molar-refractivity contribution is -0.138. The van der Waals surface area contributed by atoms with E-state index in [1.54, 1.807) is 0 Å². The Hall–Kier alpha value is -1.58. The van der Waals surface area contributed by atoms with Crippen molar-refractivity contribution in [1.82, 2.24) is 9.21 Å². The number of morpholine rings is 1. The molecule has 6 nitrogen and oxygen atoms in total. The van der Waals surface area contributed by atoms with Gasteiger partial charge in [0.25, 0.3) is 0 Å². The van der Waals surface area contributed by atoms with Gasteiger partial charge in [0, 0.05) is 26.1 Å². The first-order chi connectivity index (χ1) is 11.4. The SMILES string of the molecule is O=C(C1CC(F)CN1S(=O)(=O)c1ccc(F)cc1)N1CCOCC1. The van der Waals surface area contributed by atoms with E-state index in [4.69, 9.17) is 4.74 Å². The lowest BCUT2D eigenvalue weighted by Crippen LogP contribution is -2.50. The minimum atomic E-state index is -4.07. The average molecular weight is 360 g/mol. The van der Waals surface area contributed by atoms with E-state index < -0.39 is 34.0 Å². The number of rotatable bonds is 3. The molecule has 0 aliphatic carbocycles. The molecule has 2 aliphatic rings. The van der Waals surface area contributed by atoms with Crippen molar-refractivity contribution in [1.29, 1.82) is 0 Å². The summed E-state index contributed by atoms with van der Waals surface area (Å²) in [5.41, 5.74) is 0. The molecule has 24 heavy (non-hydrogen) atoms. The Labute approximate surface area is 139 Å². The number of alkyl halides is 1. The largest absolute Gasteiger partial charge is 0.378 e. The maximum Gasteiger partial charge on any atom is 0.243 e. The van der Waals surface area contributed by atoms with Crippen LogP contribution in [0.2, 0.25) is 0 Å². The van der Waals surface area contributed by atoms with Crippen molar-refractivity contribution in [2.75, 3.05) is 32.8 Å². The highest BCUT2D eigenvalue weighted by molar-refractivity contribution is 7.89. The molecule has 2 fully saturated rings. The lowest BCUT2D eigenvalue weighted by atomic mass is 10.2. The van der Waals surface area contributed by atoms with E-state index in [1.807, 2.05) is 0 Å². The van der Waals surface area contributed by atoms with Gasteiger partial charge in [0.05, 0.1) is 18.1 Å². The summed E-state index contributed by atoms with van der Waals surface area (Å²) in [6.45, 7) is 1.10. The number of carbonyl (C=O) groups is 1. The van der Waals surface area contributed by atoms with Crippen molar-refractivity contribution >= 4 is 15.9 Å². The quantitative estimate of drug-likeness (QED) is 0.799. The van der Waals surface area contributed by atoms with Crippen molar-refractivity contribution in [2.24, 2.45) is 0 Å². The minimum absolute atomic E-state index is 0.155. The third-order valence-corrected chi connectivity index (χ3v) is 6.12. The maximum absolute atomic E-state index is 13.9. The zero-order valence-corrected chi connectivity index (χ0v) is 13.7. The number of nitrogens with zero attached hydrogens (tertiary/aromatic N) is 2. The number of hydrogen-bond donors (Lipinski definition) is 0. The number of amides is 1. The molecule has 2 atom stereocenters. The molecule has 1 aromatic carbocycles. The highest BCUT2D eigenvalue weighted by Gasteiger charge is 2.45. The summed E-state index contributed by atoms with van der Waals surface area (Å²) in [5.74, 6) is -0.983. The molecule has 2 aliphatic heterocycles. The van der Waals surface area contributed by atoms with Crippen LogP contribution in [0, 0.1) is 5.82 Å². The van der Waals surface area contributed by atoms with E-state index in [1.165, 1.54) is 4.90 Å². The Morgan fingerprint density at radius 2 is 1.79 bits per heavy atom. The maximum atomic E-state index is 13.9. The summed E-state index contributed by atoms with van der Waals surface area (Å²) < 4.78 is 58.4. The molecular weight excluding hydrogens is 342 g/mol. The van der Waals surface area contributed by atoms with Gasteiger partial charge in [0.2, 0.25) is 15.9 Å². The van der Waals surface area contributed by atoms with Gasteiger partial charge in [-0.1, -0.05) is 0 Å². The van der Waals surface area contributed by atoms with Crippen molar-refractivity contribution in [3.8, 4) is 0 Å². The van der Waals surface area contributed by atoms with Crippen LogP contribution in [0.1, 0.15) is 6.42 Å². The zero-order chi connectivity index (χ0) is 17.3. The fraction of sp³-hybridized carbons (Fsp3) is 0.533. The fourth-order valence-corrected chi connectivity index (χ4v) is 4.60. The van der Waals surface area contributed by atoms with Crippen LogP contribution in [0.15, 0.2) is 29.2 Å². The summed E-state index contributed by atoms with van der Waals surface area (Å²) in [7, 11) is -4.07. The fourth-order valence-electron chi connectivity index (χ4n) is 2.98. The Kier molecular flexibility index (Phi) is 4.84.